The van der Waals surface area contributed by atoms with Crippen molar-refractivity contribution in [2.45, 2.75) is 26.7 Å². The summed E-state index contributed by atoms with van der Waals surface area (Å²) in [5, 5.41) is 11.6. The van der Waals surface area contributed by atoms with E-state index in [2.05, 4.69) is 63.2 Å². The van der Waals surface area contributed by atoms with Crippen molar-refractivity contribution >= 4 is 72.8 Å². The van der Waals surface area contributed by atoms with Crippen LogP contribution in [0.5, 0.6) is 0 Å². The molecule has 0 radical (unpaired) electrons. The molecule has 10 heteroatoms. The summed E-state index contributed by atoms with van der Waals surface area (Å²) in [6.45, 7) is 3.98. The van der Waals surface area contributed by atoms with E-state index in [1.54, 1.807) is 6.34 Å². The quantitative estimate of drug-likeness (QED) is 0.356. The molecule has 2 heterocycles. The fraction of sp³-hybridized carbons (Fsp3) is 0.261. The smallest absolute Gasteiger partial charge is 0.240 e. The third kappa shape index (κ3) is 5.39. The lowest BCUT2D eigenvalue weighted by atomic mass is 9.94. The van der Waals surface area contributed by atoms with E-state index in [1.807, 2.05) is 50.2 Å². The minimum atomic E-state index is -0.0650. The van der Waals surface area contributed by atoms with Crippen molar-refractivity contribution in [3.05, 3.63) is 56.5 Å². The first kappa shape index (κ1) is 23.3. The number of hydrazone groups is 2. The molecule has 170 valence electrons. The molecule has 2 aromatic rings. The number of amides is 2. The first-order chi connectivity index (χ1) is 15.8. The van der Waals surface area contributed by atoms with E-state index in [4.69, 9.17) is 0 Å². The van der Waals surface area contributed by atoms with Crippen molar-refractivity contribution < 1.29 is 9.59 Å². The molecule has 2 atom stereocenters. The number of hydrogen-bond acceptors (Lipinski definition) is 5. The van der Waals surface area contributed by atoms with Crippen LogP contribution in [-0.2, 0) is 9.59 Å². The fourth-order valence-corrected chi connectivity index (χ4v) is 4.71. The zero-order chi connectivity index (χ0) is 23.5. The van der Waals surface area contributed by atoms with Crippen LogP contribution in [0.25, 0.3) is 0 Å². The normalized spacial score (nSPS) is 20.7. The SMILES string of the molecule is CC1CC(=O)NN=C1c1ccc(N=CNc2ccc(C3=NNC(=O)CC3C)cc2Br)c(Br)c1. The molecule has 3 N–H and O–H groups in total. The van der Waals surface area contributed by atoms with Crippen LogP contribution >= 0.6 is 31.9 Å². The number of rotatable bonds is 5. The largest absolute Gasteiger partial charge is 0.345 e. The van der Waals surface area contributed by atoms with Crippen LogP contribution in [0.2, 0.25) is 0 Å². The van der Waals surface area contributed by atoms with Crippen LogP contribution in [-0.4, -0.2) is 29.6 Å². The predicted octanol–water partition coefficient (Wildman–Crippen LogP) is 4.70. The molecule has 2 aliphatic heterocycles. The third-order valence-electron chi connectivity index (χ3n) is 5.45. The number of hydrogen-bond donors (Lipinski definition) is 3. The summed E-state index contributed by atoms with van der Waals surface area (Å²) in [7, 11) is 0. The number of carbonyl (C=O) groups is 2. The standard InChI is InChI=1S/C23H22Br2N6O2/c1-12-7-20(32)28-30-22(12)14-3-5-18(16(24)9-14)26-11-27-19-6-4-15(10-17(19)25)23-13(2)8-21(33)29-31-23/h3-6,9-13H,7-8H2,1-2H3,(H,26,27)(H,28,32)(H,29,33). The van der Waals surface area contributed by atoms with E-state index < -0.39 is 0 Å². The molecular weight excluding hydrogens is 552 g/mol. The van der Waals surface area contributed by atoms with Gasteiger partial charge in [0.1, 0.15) is 0 Å². The number of carbonyl (C=O) groups excluding carboxylic acids is 2. The Morgan fingerprint density at radius 1 is 0.909 bits per heavy atom. The van der Waals surface area contributed by atoms with Crippen LogP contribution in [0, 0.1) is 11.8 Å². The van der Waals surface area contributed by atoms with Gasteiger partial charge < -0.3 is 5.32 Å². The molecular formula is C23H22Br2N6O2. The topological polar surface area (TPSA) is 107 Å². The molecule has 8 nitrogen and oxygen atoms in total. The van der Waals surface area contributed by atoms with Gasteiger partial charge in [-0.2, -0.15) is 10.2 Å². The zero-order valence-corrected chi connectivity index (χ0v) is 21.2. The molecule has 33 heavy (non-hydrogen) atoms. The summed E-state index contributed by atoms with van der Waals surface area (Å²) in [5.41, 5.74) is 10.3. The Morgan fingerprint density at radius 2 is 1.45 bits per heavy atom. The predicted molar refractivity (Wildman–Crippen MR) is 137 cm³/mol. The number of anilines is 1. The average molecular weight is 574 g/mol. The van der Waals surface area contributed by atoms with Crippen LogP contribution in [0.4, 0.5) is 11.4 Å². The maximum atomic E-state index is 11.5. The van der Waals surface area contributed by atoms with E-state index >= 15 is 0 Å². The van der Waals surface area contributed by atoms with Gasteiger partial charge in [0, 0.05) is 33.6 Å². The Labute approximate surface area is 208 Å². The molecule has 2 aliphatic rings. The van der Waals surface area contributed by atoms with E-state index in [0.29, 0.717) is 12.8 Å². The van der Waals surface area contributed by atoms with E-state index in [9.17, 15) is 9.59 Å². The maximum absolute atomic E-state index is 11.5. The monoisotopic (exact) mass is 572 g/mol. The highest BCUT2D eigenvalue weighted by atomic mass is 79.9. The molecule has 2 amide bonds. The first-order valence-electron chi connectivity index (χ1n) is 10.4. The van der Waals surface area contributed by atoms with Crippen LogP contribution < -0.4 is 16.2 Å². The van der Waals surface area contributed by atoms with Gasteiger partial charge in [-0.25, -0.2) is 15.8 Å². The lowest BCUT2D eigenvalue weighted by Gasteiger charge is -2.19. The lowest BCUT2D eigenvalue weighted by molar-refractivity contribution is -0.122. The van der Waals surface area contributed by atoms with Gasteiger partial charge in [0.05, 0.1) is 29.1 Å². The van der Waals surface area contributed by atoms with Crippen LogP contribution in [0.3, 0.4) is 0 Å². The number of halogens is 2. The van der Waals surface area contributed by atoms with Crippen molar-refractivity contribution in [1.29, 1.82) is 0 Å². The minimum Gasteiger partial charge on any atom is -0.345 e. The highest BCUT2D eigenvalue weighted by Gasteiger charge is 2.23. The summed E-state index contributed by atoms with van der Waals surface area (Å²) in [6, 6.07) is 11.7. The maximum Gasteiger partial charge on any atom is 0.240 e. The number of aliphatic imine (C=N–C) groups is 1. The van der Waals surface area contributed by atoms with Crippen molar-refractivity contribution in [3.63, 3.8) is 0 Å². The summed E-state index contributed by atoms with van der Waals surface area (Å²) in [6.07, 6.45) is 2.48. The highest BCUT2D eigenvalue weighted by Crippen LogP contribution is 2.29. The van der Waals surface area contributed by atoms with E-state index in [0.717, 1.165) is 42.9 Å². The molecule has 0 saturated carbocycles. The minimum absolute atomic E-state index is 0.0563. The second kappa shape index (κ2) is 9.96. The highest BCUT2D eigenvalue weighted by molar-refractivity contribution is 9.11. The third-order valence-corrected chi connectivity index (χ3v) is 6.74. The van der Waals surface area contributed by atoms with Crippen molar-refractivity contribution in [1.82, 2.24) is 10.9 Å². The molecule has 0 bridgehead atoms. The fourth-order valence-electron chi connectivity index (χ4n) is 3.74. The number of benzene rings is 2. The van der Waals surface area contributed by atoms with Gasteiger partial charge in [-0.15, -0.1) is 0 Å². The van der Waals surface area contributed by atoms with Gasteiger partial charge >= 0.3 is 0 Å². The molecule has 2 unspecified atom stereocenters. The Balaban J connectivity index is 1.45. The van der Waals surface area contributed by atoms with Crippen molar-refractivity contribution in [2.75, 3.05) is 5.32 Å². The van der Waals surface area contributed by atoms with Gasteiger partial charge in [0.15, 0.2) is 0 Å². The Bertz CT molecular complexity index is 1210. The Morgan fingerprint density at radius 3 is 1.97 bits per heavy atom. The van der Waals surface area contributed by atoms with Crippen molar-refractivity contribution in [3.8, 4) is 0 Å². The molecule has 4 rings (SSSR count). The second-order valence-electron chi connectivity index (χ2n) is 8.04. The zero-order valence-electron chi connectivity index (χ0n) is 18.0. The summed E-state index contributed by atoms with van der Waals surface area (Å²) in [4.78, 5) is 27.5. The average Bonchev–Trinajstić information content (AvgIpc) is 2.76. The number of nitrogens with one attached hydrogen (secondary N) is 3. The number of nitrogens with zero attached hydrogens (tertiary/aromatic N) is 3. The molecule has 0 fully saturated rings. The van der Waals surface area contributed by atoms with Crippen LogP contribution in [0.1, 0.15) is 37.8 Å². The van der Waals surface area contributed by atoms with Gasteiger partial charge in [-0.05, 0) is 67.3 Å². The Kier molecular flexibility index (Phi) is 7.04. The van der Waals surface area contributed by atoms with Crippen LogP contribution in [0.15, 0.2) is 60.5 Å². The van der Waals surface area contributed by atoms with Gasteiger partial charge in [-0.1, -0.05) is 26.0 Å². The summed E-state index contributed by atoms with van der Waals surface area (Å²) >= 11 is 7.16. The first-order valence-corrected chi connectivity index (χ1v) is 12.0. The van der Waals surface area contributed by atoms with Gasteiger partial charge in [-0.3, -0.25) is 9.59 Å². The van der Waals surface area contributed by atoms with Gasteiger partial charge in [0.25, 0.3) is 0 Å². The van der Waals surface area contributed by atoms with Crippen molar-refractivity contribution in [2.24, 2.45) is 27.0 Å². The summed E-state index contributed by atoms with van der Waals surface area (Å²) < 4.78 is 1.68. The Hall–Kier alpha value is -2.85. The molecule has 0 saturated heterocycles. The molecule has 0 aromatic heterocycles. The van der Waals surface area contributed by atoms with E-state index in [-0.39, 0.29) is 23.7 Å². The molecule has 2 aromatic carbocycles. The second-order valence-corrected chi connectivity index (χ2v) is 9.75. The summed E-state index contributed by atoms with van der Waals surface area (Å²) in [5.74, 6) is -0.0113. The molecule has 0 aliphatic carbocycles. The molecule has 0 spiro atoms. The lowest BCUT2D eigenvalue weighted by Crippen LogP contribution is -2.31. The van der Waals surface area contributed by atoms with E-state index in [1.165, 1.54) is 0 Å². The van der Waals surface area contributed by atoms with Gasteiger partial charge in [0.2, 0.25) is 11.8 Å².